The van der Waals surface area contributed by atoms with Gasteiger partial charge in [-0.05, 0) is 31.4 Å². The number of nitro groups is 1. The summed E-state index contributed by atoms with van der Waals surface area (Å²) in [5.74, 6) is -0.769. The number of carbonyl (C=O) groups is 2. The average molecular weight is 339 g/mol. The minimum atomic E-state index is -1.28. The molecule has 0 saturated heterocycles. The van der Waals surface area contributed by atoms with Crippen LogP contribution in [0.1, 0.15) is 41.6 Å². The van der Waals surface area contributed by atoms with Crippen LogP contribution in [-0.2, 0) is 15.1 Å². The van der Waals surface area contributed by atoms with Gasteiger partial charge >= 0.3 is 5.97 Å². The van der Waals surface area contributed by atoms with Crippen molar-refractivity contribution in [1.82, 2.24) is 0 Å². The van der Waals surface area contributed by atoms with Crippen molar-refractivity contribution in [2.75, 3.05) is 0 Å². The van der Waals surface area contributed by atoms with Crippen LogP contribution in [0.2, 0.25) is 0 Å². The smallest absolute Gasteiger partial charge is 0.339 e. The Morgan fingerprint density at radius 1 is 1.04 bits per heavy atom. The highest BCUT2D eigenvalue weighted by atomic mass is 16.6. The lowest BCUT2D eigenvalue weighted by Crippen LogP contribution is -2.42. The zero-order chi connectivity index (χ0) is 17.9. The molecule has 1 fully saturated rings. The second-order valence-corrected chi connectivity index (χ2v) is 6.02. The minimum Gasteiger partial charge on any atom is -0.442 e. The predicted molar refractivity (Wildman–Crippen MR) is 90.1 cm³/mol. The Bertz CT molecular complexity index is 800. The van der Waals surface area contributed by atoms with Crippen molar-refractivity contribution in [3.8, 4) is 0 Å². The Morgan fingerprint density at radius 3 is 2.32 bits per heavy atom. The molecule has 0 aromatic heterocycles. The lowest BCUT2D eigenvalue weighted by molar-refractivity contribution is -0.384. The summed E-state index contributed by atoms with van der Waals surface area (Å²) in [6.45, 7) is 0. The van der Waals surface area contributed by atoms with Crippen molar-refractivity contribution < 1.29 is 19.2 Å². The molecule has 0 bridgehead atoms. The maximum Gasteiger partial charge on any atom is 0.339 e. The molecule has 0 N–H and O–H groups in total. The van der Waals surface area contributed by atoms with Gasteiger partial charge in [0.15, 0.2) is 11.4 Å². The van der Waals surface area contributed by atoms with Gasteiger partial charge in [0.05, 0.1) is 10.5 Å². The molecule has 6 nitrogen and oxygen atoms in total. The van der Waals surface area contributed by atoms with E-state index in [0.717, 1.165) is 12.8 Å². The maximum absolute atomic E-state index is 12.7. The predicted octanol–water partition coefficient (Wildman–Crippen LogP) is 3.79. The SMILES string of the molecule is O=C(OC1(c2ccccc2)CCCCC1=O)c1ccc([N+](=O)[O-])cc1. The molecule has 128 valence electrons. The number of ketones is 1. The molecular weight excluding hydrogens is 322 g/mol. The molecule has 1 atom stereocenters. The molecule has 0 spiro atoms. The van der Waals surface area contributed by atoms with Gasteiger partial charge in [-0.3, -0.25) is 14.9 Å². The molecule has 0 radical (unpaired) electrons. The number of hydrogen-bond acceptors (Lipinski definition) is 5. The van der Waals surface area contributed by atoms with Crippen LogP contribution in [0, 0.1) is 10.1 Å². The Hall–Kier alpha value is -3.02. The fraction of sp³-hybridized carbons (Fsp3) is 0.263. The topological polar surface area (TPSA) is 86.5 Å². The van der Waals surface area contributed by atoms with Gasteiger partial charge in [-0.15, -0.1) is 0 Å². The molecule has 1 aliphatic carbocycles. The van der Waals surface area contributed by atoms with Gasteiger partial charge in [0.2, 0.25) is 0 Å². The van der Waals surface area contributed by atoms with Crippen LogP contribution in [0.5, 0.6) is 0 Å². The summed E-state index contributed by atoms with van der Waals surface area (Å²) in [5, 5.41) is 10.7. The van der Waals surface area contributed by atoms with Gasteiger partial charge in [0.25, 0.3) is 5.69 Å². The molecule has 1 aliphatic rings. The van der Waals surface area contributed by atoms with Crippen LogP contribution < -0.4 is 0 Å². The van der Waals surface area contributed by atoms with Gasteiger partial charge in [-0.2, -0.15) is 0 Å². The lowest BCUT2D eigenvalue weighted by atomic mass is 9.78. The van der Waals surface area contributed by atoms with Crippen LogP contribution in [0.4, 0.5) is 5.69 Å². The highest BCUT2D eigenvalue weighted by molar-refractivity contribution is 5.96. The van der Waals surface area contributed by atoms with E-state index in [1.165, 1.54) is 24.3 Å². The van der Waals surface area contributed by atoms with Crippen LogP contribution in [-0.4, -0.2) is 16.7 Å². The number of esters is 1. The van der Waals surface area contributed by atoms with E-state index in [0.29, 0.717) is 18.4 Å². The van der Waals surface area contributed by atoms with Gasteiger partial charge in [-0.1, -0.05) is 30.3 Å². The molecule has 0 heterocycles. The summed E-state index contributed by atoms with van der Waals surface area (Å²) in [6.07, 6.45) is 2.37. The molecule has 6 heteroatoms. The number of benzene rings is 2. The van der Waals surface area contributed by atoms with Crippen LogP contribution >= 0.6 is 0 Å². The standard InChI is InChI=1S/C19H17NO5/c21-17-8-4-5-13-19(17,15-6-2-1-3-7-15)25-18(22)14-9-11-16(12-10-14)20(23)24/h1-3,6-7,9-12H,4-5,8,13H2. The van der Waals surface area contributed by atoms with Crippen molar-refractivity contribution >= 4 is 17.4 Å². The van der Waals surface area contributed by atoms with E-state index in [9.17, 15) is 19.7 Å². The highest BCUT2D eigenvalue weighted by Crippen LogP contribution is 2.38. The number of nitrogens with zero attached hydrogens (tertiary/aromatic N) is 1. The first kappa shape index (κ1) is 16.8. The molecule has 25 heavy (non-hydrogen) atoms. The van der Waals surface area contributed by atoms with Gasteiger partial charge < -0.3 is 4.74 Å². The number of non-ortho nitro benzene ring substituents is 1. The molecule has 1 unspecified atom stereocenters. The number of carbonyl (C=O) groups excluding carboxylic acids is 2. The monoisotopic (exact) mass is 339 g/mol. The van der Waals surface area contributed by atoms with E-state index in [-0.39, 0.29) is 17.0 Å². The van der Waals surface area contributed by atoms with Crippen LogP contribution in [0.25, 0.3) is 0 Å². The van der Waals surface area contributed by atoms with Gasteiger partial charge in [0, 0.05) is 24.1 Å². The van der Waals surface area contributed by atoms with Gasteiger partial charge in [0.1, 0.15) is 0 Å². The highest BCUT2D eigenvalue weighted by Gasteiger charge is 2.45. The molecule has 0 amide bonds. The van der Waals surface area contributed by atoms with Crippen molar-refractivity contribution in [3.63, 3.8) is 0 Å². The van der Waals surface area contributed by atoms with E-state index >= 15 is 0 Å². The summed E-state index contributed by atoms with van der Waals surface area (Å²) in [6, 6.07) is 14.2. The largest absolute Gasteiger partial charge is 0.442 e. The van der Waals surface area contributed by atoms with Crippen molar-refractivity contribution in [2.45, 2.75) is 31.3 Å². The van der Waals surface area contributed by atoms with Gasteiger partial charge in [-0.25, -0.2) is 4.79 Å². The van der Waals surface area contributed by atoms with E-state index in [1.807, 2.05) is 6.07 Å². The summed E-state index contributed by atoms with van der Waals surface area (Å²) in [5.41, 5.74) is -0.546. The zero-order valence-electron chi connectivity index (χ0n) is 13.5. The second-order valence-electron chi connectivity index (χ2n) is 6.02. The van der Waals surface area contributed by atoms with Crippen LogP contribution in [0.3, 0.4) is 0 Å². The summed E-state index contributed by atoms with van der Waals surface area (Å²) in [4.78, 5) is 35.4. The summed E-state index contributed by atoms with van der Waals surface area (Å²) >= 11 is 0. The third kappa shape index (κ3) is 3.28. The molecule has 3 rings (SSSR count). The van der Waals surface area contributed by atoms with E-state index in [4.69, 9.17) is 4.74 Å². The zero-order valence-corrected chi connectivity index (χ0v) is 13.5. The summed E-state index contributed by atoms with van der Waals surface area (Å²) in [7, 11) is 0. The average Bonchev–Trinajstić information content (AvgIpc) is 2.64. The van der Waals surface area contributed by atoms with Crippen molar-refractivity contribution in [1.29, 1.82) is 0 Å². The van der Waals surface area contributed by atoms with Crippen molar-refractivity contribution in [2.24, 2.45) is 0 Å². The Balaban J connectivity index is 1.91. The Morgan fingerprint density at radius 2 is 1.72 bits per heavy atom. The molecule has 1 saturated carbocycles. The lowest BCUT2D eigenvalue weighted by Gasteiger charge is -2.35. The van der Waals surface area contributed by atoms with E-state index < -0.39 is 16.5 Å². The number of rotatable bonds is 4. The molecule has 2 aromatic rings. The third-order valence-electron chi connectivity index (χ3n) is 4.45. The fourth-order valence-corrected chi connectivity index (χ4v) is 3.12. The third-order valence-corrected chi connectivity index (χ3v) is 4.45. The fourth-order valence-electron chi connectivity index (χ4n) is 3.12. The first-order valence-corrected chi connectivity index (χ1v) is 8.09. The van der Waals surface area contributed by atoms with Crippen molar-refractivity contribution in [3.05, 3.63) is 75.8 Å². The number of nitro benzene ring substituents is 1. The molecule has 2 aromatic carbocycles. The van der Waals surface area contributed by atoms with E-state index in [1.54, 1.807) is 24.3 Å². The minimum absolute atomic E-state index is 0.108. The Kier molecular flexibility index (Phi) is 4.61. The number of hydrogen-bond donors (Lipinski definition) is 0. The quantitative estimate of drug-likeness (QED) is 0.480. The maximum atomic E-state index is 12.7. The first-order valence-electron chi connectivity index (χ1n) is 8.09. The van der Waals surface area contributed by atoms with E-state index in [2.05, 4.69) is 0 Å². The first-order chi connectivity index (χ1) is 12.0. The molecular formula is C19H17NO5. The summed E-state index contributed by atoms with van der Waals surface area (Å²) < 4.78 is 5.71. The molecule has 0 aliphatic heterocycles. The second kappa shape index (κ2) is 6.84. The Labute approximate surface area is 144 Å². The van der Waals surface area contributed by atoms with Crippen LogP contribution in [0.15, 0.2) is 54.6 Å². The normalized spacial score (nSPS) is 20.1. The number of Topliss-reactive ketones (excluding diaryl/α,β-unsaturated/α-hetero) is 1. The number of ether oxygens (including phenoxy) is 1.